The zero-order valence-corrected chi connectivity index (χ0v) is 15.2. The summed E-state index contributed by atoms with van der Waals surface area (Å²) in [5.41, 5.74) is 9.74. The zero-order valence-electron chi connectivity index (χ0n) is 12.8. The predicted molar refractivity (Wildman–Crippen MR) is 95.1 cm³/mol. The van der Waals surface area contributed by atoms with E-state index in [0.717, 1.165) is 25.2 Å². The number of anilines is 1. The van der Waals surface area contributed by atoms with Gasteiger partial charge >= 0.3 is 0 Å². The zero-order chi connectivity index (χ0) is 15.4. The Morgan fingerprint density at radius 3 is 2.71 bits per heavy atom. The summed E-state index contributed by atoms with van der Waals surface area (Å²) < 4.78 is 1.17. The van der Waals surface area contributed by atoms with Crippen molar-refractivity contribution in [2.24, 2.45) is 5.73 Å². The molecule has 0 saturated heterocycles. The number of halogens is 1. The summed E-state index contributed by atoms with van der Waals surface area (Å²) >= 11 is 5.22. The first kappa shape index (κ1) is 16.5. The van der Waals surface area contributed by atoms with E-state index < -0.39 is 0 Å². The second-order valence-electron chi connectivity index (χ2n) is 5.47. The van der Waals surface area contributed by atoms with Gasteiger partial charge in [-0.05, 0) is 63.8 Å². The van der Waals surface area contributed by atoms with E-state index in [-0.39, 0.29) is 6.04 Å². The second-order valence-corrected chi connectivity index (χ2v) is 7.76. The Bertz CT molecular complexity index is 597. The minimum atomic E-state index is 0.220. The normalized spacial score (nSPS) is 12.4. The molecular formula is C16H22BrN3S. The summed E-state index contributed by atoms with van der Waals surface area (Å²) in [5.74, 6) is 1.03. The lowest BCUT2D eigenvalue weighted by Gasteiger charge is -2.20. The number of rotatable bonds is 6. The molecule has 0 saturated carbocycles. The van der Waals surface area contributed by atoms with Crippen molar-refractivity contribution in [2.45, 2.75) is 39.3 Å². The van der Waals surface area contributed by atoms with E-state index in [1.807, 2.05) is 6.20 Å². The summed E-state index contributed by atoms with van der Waals surface area (Å²) in [7, 11) is 2.08. The monoisotopic (exact) mass is 367 g/mol. The Labute approximate surface area is 139 Å². The Balaban J connectivity index is 2.09. The van der Waals surface area contributed by atoms with Gasteiger partial charge in [0.2, 0.25) is 0 Å². The van der Waals surface area contributed by atoms with Gasteiger partial charge in [-0.1, -0.05) is 13.0 Å². The van der Waals surface area contributed by atoms with Crippen molar-refractivity contribution in [3.63, 3.8) is 0 Å². The highest BCUT2D eigenvalue weighted by molar-refractivity contribution is 9.11. The van der Waals surface area contributed by atoms with Crippen molar-refractivity contribution >= 4 is 33.1 Å². The largest absolute Gasteiger partial charge is 0.355 e. The van der Waals surface area contributed by atoms with E-state index in [9.17, 15) is 0 Å². The number of hydrogen-bond donors (Lipinski definition) is 1. The number of nitrogens with two attached hydrogens (primary N) is 1. The van der Waals surface area contributed by atoms with E-state index in [1.165, 1.54) is 20.5 Å². The lowest BCUT2D eigenvalue weighted by Crippen LogP contribution is -2.22. The Hall–Kier alpha value is -0.910. The van der Waals surface area contributed by atoms with Gasteiger partial charge in [-0.2, -0.15) is 0 Å². The first-order chi connectivity index (χ1) is 9.99. The fourth-order valence-corrected chi connectivity index (χ4v) is 3.56. The molecule has 0 spiro atoms. The minimum Gasteiger partial charge on any atom is -0.355 e. The molecule has 3 nitrogen and oxygen atoms in total. The molecule has 2 heterocycles. The third-order valence-electron chi connectivity index (χ3n) is 3.53. The number of aryl methyl sites for hydroxylation is 1. The van der Waals surface area contributed by atoms with Gasteiger partial charge in [-0.25, -0.2) is 4.98 Å². The van der Waals surface area contributed by atoms with Crippen molar-refractivity contribution in [1.29, 1.82) is 0 Å². The van der Waals surface area contributed by atoms with E-state index >= 15 is 0 Å². The average molecular weight is 368 g/mol. The van der Waals surface area contributed by atoms with Crippen LogP contribution in [-0.4, -0.2) is 18.1 Å². The lowest BCUT2D eigenvalue weighted by atomic mass is 10.0. The van der Waals surface area contributed by atoms with Gasteiger partial charge in [0.1, 0.15) is 5.82 Å². The summed E-state index contributed by atoms with van der Waals surface area (Å²) in [6.07, 6.45) is 3.84. The van der Waals surface area contributed by atoms with Gasteiger partial charge < -0.3 is 10.6 Å². The van der Waals surface area contributed by atoms with Crippen LogP contribution < -0.4 is 10.6 Å². The van der Waals surface area contributed by atoms with Crippen LogP contribution in [0.5, 0.6) is 0 Å². The highest BCUT2D eigenvalue weighted by atomic mass is 79.9. The molecule has 2 aromatic heterocycles. The first-order valence-corrected chi connectivity index (χ1v) is 8.82. The maximum Gasteiger partial charge on any atom is 0.131 e. The topological polar surface area (TPSA) is 42.1 Å². The molecule has 0 bridgehead atoms. The highest BCUT2D eigenvalue weighted by Crippen LogP contribution is 2.24. The van der Waals surface area contributed by atoms with Crippen LogP contribution in [0.1, 0.15) is 30.0 Å². The number of hydrogen-bond acceptors (Lipinski definition) is 4. The lowest BCUT2D eigenvalue weighted by molar-refractivity contribution is 0.644. The van der Waals surface area contributed by atoms with Crippen LogP contribution in [0, 0.1) is 6.92 Å². The van der Waals surface area contributed by atoms with Crippen molar-refractivity contribution in [1.82, 2.24) is 4.98 Å². The molecule has 0 aliphatic rings. The van der Waals surface area contributed by atoms with Gasteiger partial charge in [0.05, 0.1) is 3.79 Å². The van der Waals surface area contributed by atoms with Crippen molar-refractivity contribution in [3.8, 4) is 0 Å². The molecule has 114 valence electrons. The molecule has 0 amide bonds. The summed E-state index contributed by atoms with van der Waals surface area (Å²) in [5, 5.41) is 2.17. The van der Waals surface area contributed by atoms with Gasteiger partial charge in [0.25, 0.3) is 0 Å². The Morgan fingerprint density at radius 2 is 2.14 bits per heavy atom. The molecule has 5 heteroatoms. The van der Waals surface area contributed by atoms with Crippen LogP contribution in [0.3, 0.4) is 0 Å². The van der Waals surface area contributed by atoms with E-state index in [2.05, 4.69) is 64.2 Å². The molecule has 1 atom stereocenters. The summed E-state index contributed by atoms with van der Waals surface area (Å²) in [4.78, 5) is 6.82. The van der Waals surface area contributed by atoms with Crippen LogP contribution in [0.2, 0.25) is 0 Å². The number of aromatic nitrogens is 1. The molecule has 2 rings (SSSR count). The summed E-state index contributed by atoms with van der Waals surface area (Å²) in [6.45, 7) is 5.10. The highest BCUT2D eigenvalue weighted by Gasteiger charge is 2.10. The standard InChI is InChI=1S/C16H22BrN3S/c1-4-14(18)6-12-5-11(2)16(19-8-12)20(3)9-13-7-15(17)21-10-13/h5,7-8,10,14H,4,6,9,18H2,1-3H3. The second kappa shape index (κ2) is 7.38. The third-order valence-corrected chi connectivity index (χ3v) is 5.09. The summed E-state index contributed by atoms with van der Waals surface area (Å²) in [6, 6.07) is 4.58. The van der Waals surface area contributed by atoms with E-state index in [4.69, 9.17) is 5.73 Å². The fraction of sp³-hybridized carbons (Fsp3) is 0.438. The van der Waals surface area contributed by atoms with Gasteiger partial charge in [-0.3, -0.25) is 0 Å². The number of pyridine rings is 1. The van der Waals surface area contributed by atoms with Crippen molar-refractivity contribution in [3.05, 3.63) is 44.2 Å². The maximum absolute atomic E-state index is 6.02. The van der Waals surface area contributed by atoms with Crippen molar-refractivity contribution in [2.75, 3.05) is 11.9 Å². The number of thiophene rings is 1. The average Bonchev–Trinajstić information content (AvgIpc) is 2.83. The minimum absolute atomic E-state index is 0.220. The Kier molecular flexibility index (Phi) is 5.79. The van der Waals surface area contributed by atoms with Crippen LogP contribution in [-0.2, 0) is 13.0 Å². The van der Waals surface area contributed by atoms with E-state index in [0.29, 0.717) is 0 Å². The van der Waals surface area contributed by atoms with Gasteiger partial charge in [0.15, 0.2) is 0 Å². The Morgan fingerprint density at radius 1 is 1.38 bits per heavy atom. The van der Waals surface area contributed by atoms with Crippen LogP contribution in [0.25, 0.3) is 0 Å². The SMILES string of the molecule is CCC(N)Cc1cnc(N(C)Cc2csc(Br)c2)c(C)c1. The molecule has 2 N–H and O–H groups in total. The molecule has 1 unspecified atom stereocenters. The molecule has 2 aromatic rings. The number of nitrogens with zero attached hydrogens (tertiary/aromatic N) is 2. The molecule has 21 heavy (non-hydrogen) atoms. The van der Waals surface area contributed by atoms with Gasteiger partial charge in [-0.15, -0.1) is 11.3 Å². The predicted octanol–water partition coefficient (Wildman–Crippen LogP) is 4.13. The van der Waals surface area contributed by atoms with Crippen LogP contribution in [0.15, 0.2) is 27.5 Å². The molecule has 0 fully saturated rings. The van der Waals surface area contributed by atoms with Gasteiger partial charge in [0, 0.05) is 25.8 Å². The molecular weight excluding hydrogens is 346 g/mol. The quantitative estimate of drug-likeness (QED) is 0.834. The maximum atomic E-state index is 6.02. The molecule has 0 radical (unpaired) electrons. The van der Waals surface area contributed by atoms with Crippen LogP contribution >= 0.6 is 27.3 Å². The van der Waals surface area contributed by atoms with Crippen molar-refractivity contribution < 1.29 is 0 Å². The molecule has 0 aliphatic heterocycles. The molecule has 0 aromatic carbocycles. The van der Waals surface area contributed by atoms with E-state index in [1.54, 1.807) is 11.3 Å². The van der Waals surface area contributed by atoms with Crippen LogP contribution in [0.4, 0.5) is 5.82 Å². The fourth-order valence-electron chi connectivity index (χ4n) is 2.36. The molecule has 0 aliphatic carbocycles. The first-order valence-electron chi connectivity index (χ1n) is 7.14. The third kappa shape index (κ3) is 4.53. The smallest absolute Gasteiger partial charge is 0.131 e.